The highest BCUT2D eigenvalue weighted by Crippen LogP contribution is 2.19. The molecule has 1 heterocycles. The van der Waals surface area contributed by atoms with Gasteiger partial charge in [0, 0.05) is 10.6 Å². The van der Waals surface area contributed by atoms with Gasteiger partial charge in [0.1, 0.15) is 5.82 Å². The molecule has 0 amide bonds. The minimum Gasteiger partial charge on any atom is -0.288 e. The lowest BCUT2D eigenvalue weighted by molar-refractivity contribution is 0.103. The molecule has 2 aromatic rings. The Hall–Kier alpha value is -1.81. The smallest absolute Gasteiger partial charge is 0.197 e. The second kappa shape index (κ2) is 4.82. The van der Waals surface area contributed by atoms with E-state index in [0.717, 1.165) is 6.07 Å². The average molecular weight is 265 g/mol. The van der Waals surface area contributed by atoms with Crippen LogP contribution in [0.25, 0.3) is 0 Å². The van der Waals surface area contributed by atoms with Crippen molar-refractivity contribution in [2.75, 3.05) is 0 Å². The Morgan fingerprint density at radius 3 is 2.56 bits per heavy atom. The van der Waals surface area contributed by atoms with Crippen LogP contribution in [0.3, 0.4) is 0 Å². The molecular weight excluding hydrogens is 255 g/mol. The van der Waals surface area contributed by atoms with E-state index < -0.39 is 11.6 Å². The summed E-state index contributed by atoms with van der Waals surface area (Å²) in [6.45, 7) is 3.38. The lowest BCUT2D eigenvalue weighted by atomic mass is 10.0. The minimum atomic E-state index is -0.638. The Morgan fingerprint density at radius 2 is 1.89 bits per heavy atom. The van der Waals surface area contributed by atoms with Crippen LogP contribution in [0.1, 0.15) is 27.3 Å². The topological polar surface area (TPSA) is 42.9 Å². The van der Waals surface area contributed by atoms with E-state index in [9.17, 15) is 9.18 Å². The summed E-state index contributed by atoms with van der Waals surface area (Å²) in [6, 6.07) is 5.56. The molecule has 0 aliphatic carbocycles. The Bertz CT molecular complexity index is 628. The van der Waals surface area contributed by atoms with Crippen molar-refractivity contribution in [1.29, 1.82) is 0 Å². The fourth-order valence-electron chi connectivity index (χ4n) is 1.60. The molecule has 0 fully saturated rings. The van der Waals surface area contributed by atoms with Crippen molar-refractivity contribution < 1.29 is 9.18 Å². The van der Waals surface area contributed by atoms with Crippen LogP contribution >= 0.6 is 11.6 Å². The molecule has 1 aromatic carbocycles. The Kier molecular flexibility index (Phi) is 3.39. The van der Waals surface area contributed by atoms with E-state index in [-0.39, 0.29) is 10.6 Å². The number of ketones is 1. The average Bonchev–Trinajstić information content (AvgIpc) is 2.31. The number of halogens is 2. The Labute approximate surface area is 109 Å². The van der Waals surface area contributed by atoms with Crippen molar-refractivity contribution in [3.05, 3.63) is 57.6 Å². The number of aryl methyl sites for hydroxylation is 2. The second-order valence-electron chi connectivity index (χ2n) is 3.94. The largest absolute Gasteiger partial charge is 0.288 e. The molecule has 0 saturated carbocycles. The molecule has 0 radical (unpaired) electrons. The van der Waals surface area contributed by atoms with Crippen LogP contribution in [0.4, 0.5) is 4.39 Å². The fourth-order valence-corrected chi connectivity index (χ4v) is 1.76. The van der Waals surface area contributed by atoms with E-state index >= 15 is 0 Å². The number of carbonyl (C=O) groups is 1. The Morgan fingerprint density at radius 1 is 1.17 bits per heavy atom. The van der Waals surface area contributed by atoms with Crippen LogP contribution in [-0.2, 0) is 0 Å². The van der Waals surface area contributed by atoms with Gasteiger partial charge < -0.3 is 0 Å². The van der Waals surface area contributed by atoms with Crippen molar-refractivity contribution >= 4 is 17.4 Å². The number of benzene rings is 1. The zero-order valence-corrected chi connectivity index (χ0v) is 10.6. The highest BCUT2D eigenvalue weighted by atomic mass is 35.5. The molecule has 0 N–H and O–H groups in total. The van der Waals surface area contributed by atoms with Crippen LogP contribution in [0, 0.1) is 19.7 Å². The molecule has 0 aliphatic heterocycles. The second-order valence-corrected chi connectivity index (χ2v) is 4.37. The van der Waals surface area contributed by atoms with Gasteiger partial charge in [-0.05, 0) is 38.1 Å². The molecule has 92 valence electrons. The first-order valence-corrected chi connectivity index (χ1v) is 5.67. The fraction of sp³-hybridized carbons (Fsp3) is 0.154. The van der Waals surface area contributed by atoms with E-state index in [1.54, 1.807) is 19.9 Å². The van der Waals surface area contributed by atoms with E-state index in [4.69, 9.17) is 11.6 Å². The van der Waals surface area contributed by atoms with Gasteiger partial charge in [-0.2, -0.15) is 10.2 Å². The molecular formula is C13H10ClFN2O. The molecule has 2 rings (SSSR count). The van der Waals surface area contributed by atoms with Crippen molar-refractivity contribution in [1.82, 2.24) is 10.2 Å². The maximum Gasteiger partial charge on any atom is 0.197 e. The predicted molar refractivity (Wildman–Crippen MR) is 66.3 cm³/mol. The number of rotatable bonds is 2. The van der Waals surface area contributed by atoms with Gasteiger partial charge in [0.2, 0.25) is 0 Å². The monoisotopic (exact) mass is 264 g/mol. The molecule has 0 saturated heterocycles. The summed E-state index contributed by atoms with van der Waals surface area (Å²) in [5.41, 5.74) is 1.41. The van der Waals surface area contributed by atoms with Crippen LogP contribution in [0.2, 0.25) is 5.02 Å². The van der Waals surface area contributed by atoms with Gasteiger partial charge in [0.25, 0.3) is 0 Å². The van der Waals surface area contributed by atoms with Gasteiger partial charge in [0.15, 0.2) is 5.78 Å². The summed E-state index contributed by atoms with van der Waals surface area (Å²) >= 11 is 5.65. The third kappa shape index (κ3) is 2.38. The van der Waals surface area contributed by atoms with Crippen molar-refractivity contribution in [2.45, 2.75) is 13.8 Å². The summed E-state index contributed by atoms with van der Waals surface area (Å²) in [5.74, 6) is -1.05. The van der Waals surface area contributed by atoms with Crippen molar-refractivity contribution in [3.63, 3.8) is 0 Å². The first kappa shape index (κ1) is 12.6. The molecule has 0 atom stereocenters. The van der Waals surface area contributed by atoms with Gasteiger partial charge >= 0.3 is 0 Å². The van der Waals surface area contributed by atoms with E-state index in [1.807, 2.05) is 0 Å². The standard InChI is InChI=1S/C13H10ClFN2O/c1-7-5-11(8(2)17-16-7)13(18)10-4-3-9(14)6-12(10)15/h3-6H,1-2H3. The van der Waals surface area contributed by atoms with Crippen molar-refractivity contribution in [2.24, 2.45) is 0 Å². The van der Waals surface area contributed by atoms with E-state index in [0.29, 0.717) is 17.0 Å². The first-order valence-electron chi connectivity index (χ1n) is 5.29. The molecule has 0 bridgehead atoms. The lowest BCUT2D eigenvalue weighted by Crippen LogP contribution is -2.09. The highest BCUT2D eigenvalue weighted by Gasteiger charge is 2.17. The van der Waals surface area contributed by atoms with Crippen LogP contribution in [0.15, 0.2) is 24.3 Å². The highest BCUT2D eigenvalue weighted by molar-refractivity contribution is 6.30. The molecule has 0 unspecified atom stereocenters. The summed E-state index contributed by atoms with van der Waals surface area (Å²) in [6.07, 6.45) is 0. The van der Waals surface area contributed by atoms with Gasteiger partial charge in [-0.1, -0.05) is 11.6 Å². The molecule has 1 aromatic heterocycles. The summed E-state index contributed by atoms with van der Waals surface area (Å²) < 4.78 is 13.7. The third-order valence-electron chi connectivity index (χ3n) is 2.52. The summed E-state index contributed by atoms with van der Waals surface area (Å²) in [4.78, 5) is 12.2. The van der Waals surface area contributed by atoms with Crippen molar-refractivity contribution in [3.8, 4) is 0 Å². The SMILES string of the molecule is Cc1cc(C(=O)c2ccc(Cl)cc2F)c(C)nn1. The molecule has 0 aliphatic rings. The number of hydrogen-bond donors (Lipinski definition) is 0. The number of nitrogens with zero attached hydrogens (tertiary/aromatic N) is 2. The molecule has 3 nitrogen and oxygen atoms in total. The maximum atomic E-state index is 13.7. The molecule has 5 heteroatoms. The maximum absolute atomic E-state index is 13.7. The van der Waals surface area contributed by atoms with Gasteiger partial charge in [-0.25, -0.2) is 4.39 Å². The van der Waals surface area contributed by atoms with Gasteiger partial charge in [0.05, 0.1) is 17.0 Å². The quantitative estimate of drug-likeness (QED) is 0.783. The number of aromatic nitrogens is 2. The minimum absolute atomic E-state index is 0.0186. The van der Waals surface area contributed by atoms with Crippen LogP contribution < -0.4 is 0 Å². The van der Waals surface area contributed by atoms with Gasteiger partial charge in [-0.15, -0.1) is 0 Å². The van der Waals surface area contributed by atoms with Crippen LogP contribution in [0.5, 0.6) is 0 Å². The summed E-state index contributed by atoms with van der Waals surface area (Å²) in [5, 5.41) is 7.94. The zero-order valence-electron chi connectivity index (χ0n) is 9.87. The number of hydrogen-bond acceptors (Lipinski definition) is 3. The van der Waals surface area contributed by atoms with Gasteiger partial charge in [-0.3, -0.25) is 4.79 Å². The zero-order chi connectivity index (χ0) is 13.3. The normalized spacial score (nSPS) is 10.4. The predicted octanol–water partition coefficient (Wildman–Crippen LogP) is 3.12. The lowest BCUT2D eigenvalue weighted by Gasteiger charge is -2.06. The van der Waals surface area contributed by atoms with E-state index in [2.05, 4.69) is 10.2 Å². The molecule has 18 heavy (non-hydrogen) atoms. The third-order valence-corrected chi connectivity index (χ3v) is 2.76. The first-order chi connectivity index (χ1) is 8.49. The van der Waals surface area contributed by atoms with Crippen LogP contribution in [-0.4, -0.2) is 16.0 Å². The number of carbonyl (C=O) groups excluding carboxylic acids is 1. The molecule has 0 spiro atoms. The summed E-state index contributed by atoms with van der Waals surface area (Å²) in [7, 11) is 0. The van der Waals surface area contributed by atoms with E-state index in [1.165, 1.54) is 12.1 Å². The Balaban J connectivity index is 2.51.